The number of hydrogen-bond donors (Lipinski definition) is 0. The van der Waals surface area contributed by atoms with Crippen LogP contribution in [0.5, 0.6) is 0 Å². The molecule has 2 aromatic heterocycles. The molecule has 7 heteroatoms. The highest BCUT2D eigenvalue weighted by Crippen LogP contribution is 2.23. The number of carbonyl (C=O) groups excluding carboxylic acids is 1. The van der Waals surface area contributed by atoms with Crippen LogP contribution in [0.4, 0.5) is 4.39 Å². The van der Waals surface area contributed by atoms with E-state index >= 15 is 0 Å². The van der Waals surface area contributed by atoms with Crippen molar-refractivity contribution < 1.29 is 13.9 Å². The topological polar surface area (TPSA) is 57.0 Å². The van der Waals surface area contributed by atoms with Crippen molar-refractivity contribution in [1.82, 2.24) is 14.8 Å². The van der Waals surface area contributed by atoms with Gasteiger partial charge in [-0.1, -0.05) is 15.9 Å². The largest absolute Gasteiger partial charge is 0.464 e. The smallest absolute Gasteiger partial charge is 0.359 e. The molecule has 0 spiro atoms. The maximum Gasteiger partial charge on any atom is 0.359 e. The van der Waals surface area contributed by atoms with Gasteiger partial charge in [0.1, 0.15) is 5.82 Å². The van der Waals surface area contributed by atoms with E-state index in [1.54, 1.807) is 24.4 Å². The van der Waals surface area contributed by atoms with Crippen LogP contribution in [0.1, 0.15) is 10.5 Å². The monoisotopic (exact) mass is 349 g/mol. The molecule has 0 amide bonds. The van der Waals surface area contributed by atoms with Crippen molar-refractivity contribution in [2.45, 2.75) is 0 Å². The van der Waals surface area contributed by atoms with Gasteiger partial charge in [0.15, 0.2) is 11.3 Å². The molecule has 0 unspecified atom stereocenters. The number of aromatic nitrogens is 3. The van der Waals surface area contributed by atoms with Crippen molar-refractivity contribution in [3.05, 3.63) is 52.5 Å². The Morgan fingerprint density at radius 3 is 2.90 bits per heavy atom. The minimum Gasteiger partial charge on any atom is -0.464 e. The lowest BCUT2D eigenvalue weighted by Gasteiger charge is -2.03. The van der Waals surface area contributed by atoms with Gasteiger partial charge >= 0.3 is 5.97 Å². The van der Waals surface area contributed by atoms with Crippen molar-refractivity contribution in [3.8, 4) is 5.69 Å². The minimum atomic E-state index is -0.567. The average molecular weight is 350 g/mol. The maximum atomic E-state index is 13.6. The summed E-state index contributed by atoms with van der Waals surface area (Å²) < 4.78 is 20.3. The van der Waals surface area contributed by atoms with Crippen LogP contribution in [0, 0.1) is 5.82 Å². The Morgan fingerprint density at radius 1 is 1.38 bits per heavy atom. The number of carbonyl (C=O) groups is 1. The summed E-state index contributed by atoms with van der Waals surface area (Å²) in [6.07, 6.45) is 1.58. The van der Waals surface area contributed by atoms with Crippen LogP contribution in [0.3, 0.4) is 0 Å². The number of rotatable bonds is 2. The minimum absolute atomic E-state index is 0.140. The van der Waals surface area contributed by atoms with Gasteiger partial charge in [-0.2, -0.15) is 5.10 Å². The van der Waals surface area contributed by atoms with Gasteiger partial charge in [0.05, 0.1) is 18.2 Å². The molecule has 2 heterocycles. The van der Waals surface area contributed by atoms with Crippen molar-refractivity contribution in [1.29, 1.82) is 0 Å². The Labute approximate surface area is 127 Å². The van der Waals surface area contributed by atoms with Crippen LogP contribution in [0.2, 0.25) is 0 Å². The van der Waals surface area contributed by atoms with E-state index in [0.29, 0.717) is 21.2 Å². The Kier molecular flexibility index (Phi) is 3.42. The first-order chi connectivity index (χ1) is 10.1. The molecule has 0 bridgehead atoms. The molecule has 21 heavy (non-hydrogen) atoms. The number of hydrogen-bond acceptors (Lipinski definition) is 4. The summed E-state index contributed by atoms with van der Waals surface area (Å²) in [5, 5.41) is 4.75. The van der Waals surface area contributed by atoms with Crippen molar-refractivity contribution in [2.24, 2.45) is 0 Å². The molecule has 0 aliphatic heterocycles. The molecule has 0 fully saturated rings. The summed E-state index contributed by atoms with van der Waals surface area (Å²) in [7, 11) is 1.28. The Hall–Kier alpha value is -2.28. The van der Waals surface area contributed by atoms with Crippen molar-refractivity contribution >= 4 is 32.9 Å². The zero-order chi connectivity index (χ0) is 15.0. The summed E-state index contributed by atoms with van der Waals surface area (Å²) in [5.41, 5.74) is 1.05. The molecule has 0 radical (unpaired) electrons. The highest BCUT2D eigenvalue weighted by Gasteiger charge is 2.19. The molecule has 0 saturated heterocycles. The van der Waals surface area contributed by atoms with E-state index in [2.05, 4.69) is 26.0 Å². The van der Waals surface area contributed by atoms with Gasteiger partial charge in [-0.05, 0) is 30.3 Å². The zero-order valence-electron chi connectivity index (χ0n) is 10.9. The summed E-state index contributed by atoms with van der Waals surface area (Å²) in [6.45, 7) is 0. The normalized spacial score (nSPS) is 10.8. The van der Waals surface area contributed by atoms with E-state index in [-0.39, 0.29) is 5.69 Å². The van der Waals surface area contributed by atoms with E-state index in [1.165, 1.54) is 23.9 Å². The lowest BCUT2D eigenvalue weighted by Crippen LogP contribution is -2.04. The van der Waals surface area contributed by atoms with Crippen LogP contribution in [-0.4, -0.2) is 27.8 Å². The first kappa shape index (κ1) is 13.7. The molecular formula is C14H9BrFN3O2. The van der Waals surface area contributed by atoms with Crippen LogP contribution >= 0.6 is 15.9 Å². The summed E-state index contributed by atoms with van der Waals surface area (Å²) in [4.78, 5) is 16.0. The molecule has 0 saturated carbocycles. The average Bonchev–Trinajstić information content (AvgIpc) is 2.85. The number of fused-ring (bicyclic) bond motifs is 1. The standard InChI is InChI=1S/C14H9BrFN3O2/c1-21-14(20)12-11-3-2-4-17-13(11)19(18-12)10-6-8(15)5-9(16)7-10/h2-7H,1H3. The van der Waals surface area contributed by atoms with Crippen LogP contribution in [0.15, 0.2) is 41.0 Å². The third-order valence-electron chi connectivity index (χ3n) is 2.91. The van der Waals surface area contributed by atoms with Gasteiger partial charge < -0.3 is 4.74 Å². The van der Waals surface area contributed by atoms with Crippen LogP contribution < -0.4 is 0 Å². The zero-order valence-corrected chi connectivity index (χ0v) is 12.5. The molecule has 0 aliphatic carbocycles. The predicted molar refractivity (Wildman–Crippen MR) is 77.9 cm³/mol. The number of methoxy groups -OCH3 is 1. The number of nitrogens with zero attached hydrogens (tertiary/aromatic N) is 3. The van der Waals surface area contributed by atoms with Crippen LogP contribution in [-0.2, 0) is 4.74 Å². The molecule has 3 rings (SSSR count). The molecule has 0 N–H and O–H groups in total. The fourth-order valence-electron chi connectivity index (χ4n) is 2.04. The lowest BCUT2D eigenvalue weighted by molar-refractivity contribution is 0.0595. The molecule has 5 nitrogen and oxygen atoms in total. The van der Waals surface area contributed by atoms with Crippen LogP contribution in [0.25, 0.3) is 16.7 Å². The van der Waals surface area contributed by atoms with E-state index in [0.717, 1.165) is 0 Å². The second kappa shape index (κ2) is 5.25. The second-order valence-electron chi connectivity index (χ2n) is 4.25. The van der Waals surface area contributed by atoms with E-state index in [4.69, 9.17) is 4.74 Å². The summed E-state index contributed by atoms with van der Waals surface area (Å²) >= 11 is 3.23. The number of benzene rings is 1. The highest BCUT2D eigenvalue weighted by atomic mass is 79.9. The number of ether oxygens (including phenoxy) is 1. The Morgan fingerprint density at radius 2 is 2.19 bits per heavy atom. The Bertz CT molecular complexity index is 827. The highest BCUT2D eigenvalue weighted by molar-refractivity contribution is 9.10. The SMILES string of the molecule is COC(=O)c1nn(-c2cc(F)cc(Br)c2)c2ncccc12. The van der Waals surface area contributed by atoms with E-state index in [1.807, 2.05) is 0 Å². The first-order valence-electron chi connectivity index (χ1n) is 5.98. The second-order valence-corrected chi connectivity index (χ2v) is 5.17. The first-order valence-corrected chi connectivity index (χ1v) is 6.78. The lowest BCUT2D eigenvalue weighted by atomic mass is 10.2. The summed E-state index contributed by atoms with van der Waals surface area (Å²) in [5.74, 6) is -0.985. The molecule has 1 aromatic carbocycles. The van der Waals surface area contributed by atoms with E-state index in [9.17, 15) is 9.18 Å². The molecule has 3 aromatic rings. The van der Waals surface area contributed by atoms with Gasteiger partial charge in [-0.25, -0.2) is 18.9 Å². The number of pyridine rings is 1. The fourth-order valence-corrected chi connectivity index (χ4v) is 2.49. The van der Waals surface area contributed by atoms with Gasteiger partial charge in [0.2, 0.25) is 0 Å². The molecule has 0 atom stereocenters. The maximum absolute atomic E-state index is 13.6. The fraction of sp³-hybridized carbons (Fsp3) is 0.0714. The van der Waals surface area contributed by atoms with Crippen molar-refractivity contribution in [3.63, 3.8) is 0 Å². The van der Waals surface area contributed by atoms with Gasteiger partial charge in [0.25, 0.3) is 0 Å². The van der Waals surface area contributed by atoms with Gasteiger partial charge in [-0.3, -0.25) is 0 Å². The third-order valence-corrected chi connectivity index (χ3v) is 3.37. The van der Waals surface area contributed by atoms with Gasteiger partial charge in [0, 0.05) is 10.7 Å². The van der Waals surface area contributed by atoms with E-state index < -0.39 is 11.8 Å². The van der Waals surface area contributed by atoms with Crippen molar-refractivity contribution in [2.75, 3.05) is 7.11 Å². The number of halogens is 2. The molecule has 106 valence electrons. The Balaban J connectivity index is 2.30. The third kappa shape index (κ3) is 2.40. The molecular weight excluding hydrogens is 341 g/mol. The van der Waals surface area contributed by atoms with Gasteiger partial charge in [-0.15, -0.1) is 0 Å². The summed E-state index contributed by atoms with van der Waals surface area (Å²) in [6, 6.07) is 7.75. The molecule has 0 aliphatic rings. The predicted octanol–water partition coefficient (Wildman–Crippen LogP) is 3.11. The number of esters is 1. The quantitative estimate of drug-likeness (QED) is 0.667.